The highest BCUT2D eigenvalue weighted by atomic mass is 35.5. The molecule has 5 nitrogen and oxygen atoms in total. The van der Waals surface area contributed by atoms with Gasteiger partial charge in [-0.15, -0.1) is 0 Å². The number of benzene rings is 2. The number of nitrogens with zero attached hydrogens (tertiary/aromatic N) is 3. The van der Waals surface area contributed by atoms with E-state index in [1.54, 1.807) is 0 Å². The predicted octanol–water partition coefficient (Wildman–Crippen LogP) is 4.48. The number of hydrogen-bond donors (Lipinski definition) is 0. The molecule has 0 radical (unpaired) electrons. The maximum absolute atomic E-state index is 12.6. The molecule has 0 aliphatic carbocycles. The van der Waals surface area contributed by atoms with E-state index in [2.05, 4.69) is 15.0 Å². The zero-order chi connectivity index (χ0) is 18.6. The Hall–Kier alpha value is -2.50. The van der Waals surface area contributed by atoms with Crippen molar-refractivity contribution >= 4 is 17.4 Å². The van der Waals surface area contributed by atoms with Crippen LogP contribution in [0.1, 0.15) is 29.1 Å². The first kappa shape index (κ1) is 17.9. The van der Waals surface area contributed by atoms with E-state index >= 15 is 0 Å². The Morgan fingerprint density at radius 2 is 1.89 bits per heavy atom. The van der Waals surface area contributed by atoms with Crippen molar-refractivity contribution in [2.24, 2.45) is 5.92 Å². The lowest BCUT2D eigenvalue weighted by Gasteiger charge is -2.30. The van der Waals surface area contributed by atoms with E-state index in [9.17, 15) is 4.79 Å². The number of Topliss-reactive ketones (excluding diaryl/α,β-unsaturated/α-hetero) is 1. The summed E-state index contributed by atoms with van der Waals surface area (Å²) in [4.78, 5) is 19.3. The number of carbonyl (C=O) groups excluding carboxylic acids is 1. The SMILES string of the molecule is O=C(c1ccccc1)C1CCN(Cc2nc(-c3cccc(Cl)c3)no2)CC1. The van der Waals surface area contributed by atoms with Crippen molar-refractivity contribution < 1.29 is 9.32 Å². The molecule has 4 rings (SSSR count). The lowest BCUT2D eigenvalue weighted by molar-refractivity contribution is 0.0825. The number of carbonyl (C=O) groups is 1. The maximum atomic E-state index is 12.6. The molecule has 27 heavy (non-hydrogen) atoms. The zero-order valence-electron chi connectivity index (χ0n) is 14.8. The minimum absolute atomic E-state index is 0.0911. The molecule has 0 bridgehead atoms. The van der Waals surface area contributed by atoms with Gasteiger partial charge >= 0.3 is 0 Å². The van der Waals surface area contributed by atoms with Crippen molar-refractivity contribution in [1.29, 1.82) is 0 Å². The molecular formula is C21H20ClN3O2. The van der Waals surface area contributed by atoms with Gasteiger partial charge in [-0.2, -0.15) is 4.98 Å². The Bertz CT molecular complexity index is 918. The van der Waals surface area contributed by atoms with Gasteiger partial charge in [0.15, 0.2) is 5.78 Å². The zero-order valence-corrected chi connectivity index (χ0v) is 15.6. The van der Waals surface area contributed by atoms with Gasteiger partial charge in [0, 0.05) is 22.1 Å². The van der Waals surface area contributed by atoms with Crippen molar-refractivity contribution in [3.8, 4) is 11.4 Å². The molecule has 3 aromatic rings. The molecule has 0 saturated carbocycles. The van der Waals surface area contributed by atoms with Gasteiger partial charge in [0.25, 0.3) is 0 Å². The first-order valence-corrected chi connectivity index (χ1v) is 9.47. The topological polar surface area (TPSA) is 59.2 Å². The fourth-order valence-corrected chi connectivity index (χ4v) is 3.64. The summed E-state index contributed by atoms with van der Waals surface area (Å²) < 4.78 is 5.39. The summed E-state index contributed by atoms with van der Waals surface area (Å²) in [6.45, 7) is 2.29. The van der Waals surface area contributed by atoms with Crippen LogP contribution in [0.2, 0.25) is 5.02 Å². The van der Waals surface area contributed by atoms with Crippen molar-refractivity contribution in [2.75, 3.05) is 13.1 Å². The maximum Gasteiger partial charge on any atom is 0.241 e. The van der Waals surface area contributed by atoms with Gasteiger partial charge in [0.2, 0.25) is 11.7 Å². The van der Waals surface area contributed by atoms with Crippen molar-refractivity contribution in [2.45, 2.75) is 19.4 Å². The molecule has 6 heteroatoms. The van der Waals surface area contributed by atoms with Gasteiger partial charge in [0.1, 0.15) is 0 Å². The Morgan fingerprint density at radius 1 is 1.11 bits per heavy atom. The second-order valence-corrected chi connectivity index (χ2v) is 7.24. The highest BCUT2D eigenvalue weighted by molar-refractivity contribution is 6.30. The second kappa shape index (κ2) is 8.03. The molecule has 0 unspecified atom stereocenters. The first-order valence-electron chi connectivity index (χ1n) is 9.09. The molecule has 2 aromatic carbocycles. The lowest BCUT2D eigenvalue weighted by Crippen LogP contribution is -2.36. The largest absolute Gasteiger partial charge is 0.338 e. The third-order valence-corrected chi connectivity index (χ3v) is 5.16. The molecule has 1 saturated heterocycles. The normalized spacial score (nSPS) is 15.7. The van der Waals surface area contributed by atoms with Crippen LogP contribution in [0, 0.1) is 5.92 Å². The van der Waals surface area contributed by atoms with Crippen LogP contribution in [0.4, 0.5) is 0 Å². The van der Waals surface area contributed by atoms with Crippen molar-refractivity contribution in [3.05, 3.63) is 71.1 Å². The van der Waals surface area contributed by atoms with Crippen molar-refractivity contribution in [3.63, 3.8) is 0 Å². The number of aromatic nitrogens is 2. The Morgan fingerprint density at radius 3 is 2.63 bits per heavy atom. The predicted molar refractivity (Wildman–Crippen MR) is 104 cm³/mol. The highest BCUT2D eigenvalue weighted by Crippen LogP contribution is 2.24. The third-order valence-electron chi connectivity index (χ3n) is 4.93. The molecule has 1 aliphatic rings. The molecular weight excluding hydrogens is 362 g/mol. The lowest BCUT2D eigenvalue weighted by atomic mass is 9.89. The minimum atomic E-state index is 0.0911. The summed E-state index contributed by atoms with van der Waals surface area (Å²) >= 11 is 6.02. The van der Waals surface area contributed by atoms with E-state index in [0.717, 1.165) is 37.1 Å². The van der Waals surface area contributed by atoms with E-state index in [1.807, 2.05) is 54.6 Å². The molecule has 0 amide bonds. The minimum Gasteiger partial charge on any atom is -0.338 e. The monoisotopic (exact) mass is 381 g/mol. The fourth-order valence-electron chi connectivity index (χ4n) is 3.45. The number of rotatable bonds is 5. The smallest absolute Gasteiger partial charge is 0.241 e. The first-order chi connectivity index (χ1) is 13.2. The third kappa shape index (κ3) is 4.26. The Labute approximate surface area is 163 Å². The molecule has 138 valence electrons. The van der Waals surface area contributed by atoms with Crippen LogP contribution < -0.4 is 0 Å². The van der Waals surface area contributed by atoms with E-state index < -0.39 is 0 Å². The average Bonchev–Trinajstić information content (AvgIpc) is 3.17. The van der Waals surface area contributed by atoms with Crippen LogP contribution in [-0.4, -0.2) is 33.9 Å². The molecule has 0 atom stereocenters. The fraction of sp³-hybridized carbons (Fsp3) is 0.286. The van der Waals surface area contributed by atoms with E-state index in [1.165, 1.54) is 0 Å². The number of halogens is 1. The second-order valence-electron chi connectivity index (χ2n) is 6.80. The molecule has 2 heterocycles. The van der Waals surface area contributed by atoms with Gasteiger partial charge in [-0.1, -0.05) is 59.2 Å². The number of likely N-dealkylation sites (tertiary alicyclic amines) is 1. The van der Waals surface area contributed by atoms with Crippen LogP contribution >= 0.6 is 11.6 Å². The summed E-state index contributed by atoms with van der Waals surface area (Å²) in [5.74, 6) is 1.46. The average molecular weight is 382 g/mol. The van der Waals surface area contributed by atoms with Gasteiger partial charge in [-0.25, -0.2) is 0 Å². The van der Waals surface area contributed by atoms with Crippen molar-refractivity contribution in [1.82, 2.24) is 15.0 Å². The summed E-state index contributed by atoms with van der Waals surface area (Å²) in [5, 5.41) is 4.69. The number of piperidine rings is 1. The summed E-state index contributed by atoms with van der Waals surface area (Å²) in [6, 6.07) is 16.9. The Balaban J connectivity index is 1.34. The highest BCUT2D eigenvalue weighted by Gasteiger charge is 2.26. The number of hydrogen-bond acceptors (Lipinski definition) is 5. The van der Waals surface area contributed by atoms with Crippen LogP contribution in [-0.2, 0) is 6.54 Å². The molecule has 0 N–H and O–H groups in total. The standard InChI is InChI=1S/C21H20ClN3O2/c22-18-8-4-7-17(13-18)21-23-19(27-24-21)14-25-11-9-16(10-12-25)20(26)15-5-2-1-3-6-15/h1-8,13,16H,9-12,14H2. The van der Waals surface area contributed by atoms with Crippen LogP contribution in [0.25, 0.3) is 11.4 Å². The van der Waals surface area contributed by atoms with Gasteiger partial charge < -0.3 is 4.52 Å². The van der Waals surface area contributed by atoms with Crippen LogP contribution in [0.5, 0.6) is 0 Å². The van der Waals surface area contributed by atoms with Gasteiger partial charge in [-0.3, -0.25) is 9.69 Å². The molecule has 1 fully saturated rings. The summed E-state index contributed by atoms with van der Waals surface area (Å²) in [6.07, 6.45) is 1.70. The van der Waals surface area contributed by atoms with Crippen LogP contribution in [0.3, 0.4) is 0 Å². The molecule has 1 aromatic heterocycles. The van der Waals surface area contributed by atoms with E-state index in [-0.39, 0.29) is 11.7 Å². The van der Waals surface area contributed by atoms with E-state index in [4.69, 9.17) is 16.1 Å². The summed E-state index contributed by atoms with van der Waals surface area (Å²) in [5.41, 5.74) is 1.64. The summed E-state index contributed by atoms with van der Waals surface area (Å²) in [7, 11) is 0. The Kier molecular flexibility index (Phi) is 5.32. The van der Waals surface area contributed by atoms with Gasteiger partial charge in [-0.05, 0) is 38.1 Å². The molecule has 1 aliphatic heterocycles. The molecule has 0 spiro atoms. The van der Waals surface area contributed by atoms with Crippen LogP contribution in [0.15, 0.2) is 59.1 Å². The van der Waals surface area contributed by atoms with E-state index in [0.29, 0.717) is 23.3 Å². The number of ketones is 1. The van der Waals surface area contributed by atoms with Gasteiger partial charge in [0.05, 0.1) is 6.54 Å². The quantitative estimate of drug-likeness (QED) is 0.609.